The molecule has 25 heavy (non-hydrogen) atoms. The third kappa shape index (κ3) is 3.09. The summed E-state index contributed by atoms with van der Waals surface area (Å²) in [5.41, 5.74) is 1.54. The van der Waals surface area contributed by atoms with E-state index in [1.807, 2.05) is 0 Å². The van der Waals surface area contributed by atoms with Crippen molar-refractivity contribution < 1.29 is 14.5 Å². The van der Waals surface area contributed by atoms with Crippen molar-refractivity contribution in [2.24, 2.45) is 0 Å². The highest BCUT2D eigenvalue weighted by Crippen LogP contribution is 2.33. The molecule has 0 fully saturated rings. The molecular formula is C20H19NO4. The fourth-order valence-electron chi connectivity index (χ4n) is 3.29. The average Bonchev–Trinajstić information content (AvgIpc) is 2.62. The molecule has 0 atom stereocenters. The van der Waals surface area contributed by atoms with E-state index in [-0.39, 0.29) is 28.4 Å². The van der Waals surface area contributed by atoms with Crippen LogP contribution in [0.5, 0.6) is 0 Å². The van der Waals surface area contributed by atoms with Crippen LogP contribution in [0.15, 0.2) is 36.4 Å². The number of nitro groups is 1. The van der Waals surface area contributed by atoms with E-state index in [9.17, 15) is 19.7 Å². The van der Waals surface area contributed by atoms with Gasteiger partial charge in [0, 0.05) is 33.9 Å². The van der Waals surface area contributed by atoms with Gasteiger partial charge in [-0.15, -0.1) is 0 Å². The number of fused-ring (bicyclic) bond motifs is 2. The molecule has 0 N–H and O–H groups in total. The van der Waals surface area contributed by atoms with Crippen LogP contribution >= 0.6 is 0 Å². The van der Waals surface area contributed by atoms with Gasteiger partial charge >= 0.3 is 0 Å². The van der Waals surface area contributed by atoms with Crippen LogP contribution in [0.1, 0.15) is 70.0 Å². The lowest BCUT2D eigenvalue weighted by Crippen LogP contribution is -2.21. The topological polar surface area (TPSA) is 77.3 Å². The van der Waals surface area contributed by atoms with Gasteiger partial charge in [-0.25, -0.2) is 0 Å². The largest absolute Gasteiger partial charge is 0.289 e. The maximum absolute atomic E-state index is 12.7. The lowest BCUT2D eigenvalue weighted by molar-refractivity contribution is -0.385. The average molecular weight is 337 g/mol. The number of ketones is 2. The number of rotatable bonds is 6. The molecule has 0 bridgehead atoms. The van der Waals surface area contributed by atoms with Crippen LogP contribution in [-0.2, 0) is 6.42 Å². The summed E-state index contributed by atoms with van der Waals surface area (Å²) in [5.74, 6) is -0.569. The van der Waals surface area contributed by atoms with Gasteiger partial charge in [-0.2, -0.15) is 0 Å². The normalized spacial score (nSPS) is 12.7. The minimum Gasteiger partial charge on any atom is -0.289 e. The van der Waals surface area contributed by atoms with Crippen molar-refractivity contribution >= 4 is 17.3 Å². The number of carbonyl (C=O) groups excluding carboxylic acids is 2. The first-order valence-electron chi connectivity index (χ1n) is 8.54. The molecule has 0 radical (unpaired) electrons. The van der Waals surface area contributed by atoms with E-state index in [1.54, 1.807) is 30.3 Å². The zero-order valence-corrected chi connectivity index (χ0v) is 14.1. The van der Waals surface area contributed by atoms with E-state index in [0.29, 0.717) is 23.1 Å². The molecule has 3 rings (SSSR count). The van der Waals surface area contributed by atoms with E-state index >= 15 is 0 Å². The fourth-order valence-corrected chi connectivity index (χ4v) is 3.29. The Morgan fingerprint density at radius 3 is 2.04 bits per heavy atom. The molecule has 128 valence electrons. The smallest absolute Gasteiger partial charge is 0.273 e. The minimum absolute atomic E-state index is 0.0734. The molecule has 0 heterocycles. The minimum atomic E-state index is -0.465. The van der Waals surface area contributed by atoms with Crippen LogP contribution in [-0.4, -0.2) is 16.5 Å². The monoisotopic (exact) mass is 337 g/mol. The van der Waals surface area contributed by atoms with Gasteiger partial charge in [0.1, 0.15) is 0 Å². The highest BCUT2D eigenvalue weighted by molar-refractivity contribution is 6.28. The number of hydrogen-bond donors (Lipinski definition) is 0. The predicted molar refractivity (Wildman–Crippen MR) is 94.2 cm³/mol. The van der Waals surface area contributed by atoms with Crippen molar-refractivity contribution in [3.63, 3.8) is 0 Å². The molecule has 1 aliphatic rings. The van der Waals surface area contributed by atoms with Gasteiger partial charge in [0.15, 0.2) is 11.6 Å². The SMILES string of the molecule is CCCCCCc1cc2c(cc1[N+](=O)[O-])C(=O)c1ccccc1C2=O. The molecule has 0 amide bonds. The zero-order chi connectivity index (χ0) is 18.0. The molecule has 0 aliphatic heterocycles. The number of nitrogens with zero attached hydrogens (tertiary/aromatic N) is 1. The third-order valence-electron chi connectivity index (χ3n) is 4.62. The number of unbranched alkanes of at least 4 members (excludes halogenated alkanes) is 3. The van der Waals surface area contributed by atoms with Crippen LogP contribution < -0.4 is 0 Å². The van der Waals surface area contributed by atoms with Crippen molar-refractivity contribution in [3.8, 4) is 0 Å². The Kier molecular flexibility index (Phi) is 4.74. The van der Waals surface area contributed by atoms with Gasteiger partial charge in [0.25, 0.3) is 5.69 Å². The first kappa shape index (κ1) is 17.0. The molecule has 0 aromatic heterocycles. The highest BCUT2D eigenvalue weighted by atomic mass is 16.6. The number of carbonyl (C=O) groups is 2. The van der Waals surface area contributed by atoms with Crippen molar-refractivity contribution in [1.29, 1.82) is 0 Å². The Balaban J connectivity index is 2.05. The first-order valence-corrected chi connectivity index (χ1v) is 8.54. The summed E-state index contributed by atoms with van der Waals surface area (Å²) in [6.07, 6.45) is 4.50. The van der Waals surface area contributed by atoms with Crippen LogP contribution in [0.25, 0.3) is 0 Å². The predicted octanol–water partition coefficient (Wildman–Crippen LogP) is 4.49. The number of hydrogen-bond acceptors (Lipinski definition) is 4. The Labute approximate surface area is 145 Å². The van der Waals surface area contributed by atoms with Gasteiger partial charge in [-0.05, 0) is 18.9 Å². The molecule has 0 unspecified atom stereocenters. The first-order chi connectivity index (χ1) is 12.0. The summed E-state index contributed by atoms with van der Waals surface area (Å²) in [4.78, 5) is 36.4. The molecule has 0 saturated heterocycles. The van der Waals surface area contributed by atoms with Crippen LogP contribution in [0, 0.1) is 10.1 Å². The van der Waals surface area contributed by atoms with Crippen LogP contribution in [0.4, 0.5) is 5.69 Å². The van der Waals surface area contributed by atoms with Gasteiger partial charge in [0.05, 0.1) is 4.92 Å². The summed E-state index contributed by atoms with van der Waals surface area (Å²) in [6, 6.07) is 9.44. The van der Waals surface area contributed by atoms with E-state index in [0.717, 1.165) is 25.7 Å². The summed E-state index contributed by atoms with van der Waals surface area (Å²) in [7, 11) is 0. The molecule has 1 aliphatic carbocycles. The summed E-state index contributed by atoms with van der Waals surface area (Å²) in [6.45, 7) is 2.10. The summed E-state index contributed by atoms with van der Waals surface area (Å²) in [5, 5.41) is 11.4. The molecule has 0 saturated carbocycles. The van der Waals surface area contributed by atoms with Crippen molar-refractivity contribution in [1.82, 2.24) is 0 Å². The van der Waals surface area contributed by atoms with Gasteiger partial charge in [0.2, 0.25) is 0 Å². The molecule has 5 heteroatoms. The Morgan fingerprint density at radius 2 is 1.48 bits per heavy atom. The molecule has 5 nitrogen and oxygen atoms in total. The Morgan fingerprint density at radius 1 is 0.880 bits per heavy atom. The molecular weight excluding hydrogens is 318 g/mol. The number of aryl methyl sites for hydroxylation is 1. The molecule has 2 aromatic rings. The van der Waals surface area contributed by atoms with E-state index in [2.05, 4.69) is 6.92 Å². The van der Waals surface area contributed by atoms with Gasteiger partial charge in [-0.3, -0.25) is 19.7 Å². The standard InChI is InChI=1S/C20H19NO4/c1-2-3-4-5-8-13-11-16-17(12-18(13)21(24)25)20(23)15-10-7-6-9-14(15)19(16)22/h6-7,9-12H,2-5,8H2,1H3. The van der Waals surface area contributed by atoms with Gasteiger partial charge in [-0.1, -0.05) is 50.5 Å². The van der Waals surface area contributed by atoms with Crippen LogP contribution in [0.3, 0.4) is 0 Å². The van der Waals surface area contributed by atoms with Gasteiger partial charge < -0.3 is 0 Å². The third-order valence-corrected chi connectivity index (χ3v) is 4.62. The summed E-state index contributed by atoms with van der Waals surface area (Å²) < 4.78 is 0. The molecule has 0 spiro atoms. The molecule has 2 aromatic carbocycles. The van der Waals surface area contributed by atoms with E-state index in [4.69, 9.17) is 0 Å². The lowest BCUT2D eigenvalue weighted by atomic mass is 9.82. The van der Waals surface area contributed by atoms with E-state index < -0.39 is 4.92 Å². The number of benzene rings is 2. The second-order valence-electron chi connectivity index (χ2n) is 6.30. The highest BCUT2D eigenvalue weighted by Gasteiger charge is 2.32. The van der Waals surface area contributed by atoms with E-state index in [1.165, 1.54) is 6.07 Å². The van der Waals surface area contributed by atoms with Crippen molar-refractivity contribution in [2.45, 2.75) is 39.0 Å². The maximum Gasteiger partial charge on any atom is 0.273 e. The second kappa shape index (κ2) is 6.97. The van der Waals surface area contributed by atoms with Crippen LogP contribution in [0.2, 0.25) is 0 Å². The second-order valence-corrected chi connectivity index (χ2v) is 6.30. The van der Waals surface area contributed by atoms with Crippen molar-refractivity contribution in [3.05, 3.63) is 74.3 Å². The lowest BCUT2D eigenvalue weighted by Gasteiger charge is -2.18. The Hall–Kier alpha value is -2.82. The Bertz CT molecular complexity index is 870. The maximum atomic E-state index is 12.7. The zero-order valence-electron chi connectivity index (χ0n) is 14.1. The number of nitro benzene ring substituents is 1. The fraction of sp³-hybridized carbons (Fsp3) is 0.300. The van der Waals surface area contributed by atoms with Crippen molar-refractivity contribution in [2.75, 3.05) is 0 Å². The quantitative estimate of drug-likeness (QED) is 0.377. The summed E-state index contributed by atoms with van der Waals surface area (Å²) >= 11 is 0.